The van der Waals surface area contributed by atoms with Crippen LogP contribution in [0.3, 0.4) is 0 Å². The molecular weight excluding hydrogens is 269 g/mol. The lowest BCUT2D eigenvalue weighted by Gasteiger charge is -2.48. The van der Waals surface area contributed by atoms with Gasteiger partial charge in [-0.05, 0) is 44.7 Å². The Morgan fingerprint density at radius 2 is 2.22 bits per heavy atom. The van der Waals surface area contributed by atoms with Gasteiger partial charge in [0, 0.05) is 17.8 Å². The van der Waals surface area contributed by atoms with E-state index in [1.54, 1.807) is 12.3 Å². The number of aromatic nitrogens is 1. The van der Waals surface area contributed by atoms with E-state index in [2.05, 4.69) is 15.6 Å². The highest BCUT2D eigenvalue weighted by atomic mass is 35.5. The van der Waals surface area contributed by atoms with E-state index in [9.17, 15) is 0 Å². The lowest BCUT2D eigenvalue weighted by Crippen LogP contribution is -2.58. The van der Waals surface area contributed by atoms with Crippen molar-refractivity contribution in [1.82, 2.24) is 10.3 Å². The number of halogens is 2. The molecule has 1 aromatic rings. The lowest BCUT2D eigenvalue weighted by molar-refractivity contribution is 0.135. The topological polar surface area (TPSA) is 37.0 Å². The first-order valence-electron chi connectivity index (χ1n) is 6.50. The maximum atomic E-state index is 6.14. The van der Waals surface area contributed by atoms with Crippen LogP contribution in [-0.2, 0) is 0 Å². The SMILES string of the molecule is Clc1cnc(NC2CCNC3(CCC3)C2)c(Cl)c1. The fraction of sp³-hybridized carbons (Fsp3) is 0.615. The Bertz CT molecular complexity index is 446. The van der Waals surface area contributed by atoms with E-state index in [-0.39, 0.29) is 0 Å². The lowest BCUT2D eigenvalue weighted by atomic mass is 9.70. The molecule has 1 aromatic heterocycles. The van der Waals surface area contributed by atoms with Gasteiger partial charge in [0.25, 0.3) is 0 Å². The van der Waals surface area contributed by atoms with E-state index < -0.39 is 0 Å². The molecule has 3 rings (SSSR count). The second-order valence-electron chi connectivity index (χ2n) is 5.38. The Hall–Kier alpha value is -0.510. The van der Waals surface area contributed by atoms with Gasteiger partial charge in [-0.3, -0.25) is 0 Å². The first-order chi connectivity index (χ1) is 8.67. The molecule has 1 unspecified atom stereocenters. The van der Waals surface area contributed by atoms with Gasteiger partial charge in [0.1, 0.15) is 5.82 Å². The van der Waals surface area contributed by atoms with Crippen molar-refractivity contribution in [2.75, 3.05) is 11.9 Å². The van der Waals surface area contributed by atoms with E-state index in [0.717, 1.165) is 25.2 Å². The molecule has 5 heteroatoms. The van der Waals surface area contributed by atoms with Gasteiger partial charge in [0.05, 0.1) is 10.0 Å². The number of piperidine rings is 1. The minimum atomic E-state index is 0.384. The Labute approximate surface area is 117 Å². The summed E-state index contributed by atoms with van der Waals surface area (Å²) in [5.41, 5.74) is 0.384. The molecule has 2 aliphatic rings. The minimum Gasteiger partial charge on any atom is -0.366 e. The van der Waals surface area contributed by atoms with Crippen LogP contribution in [0.5, 0.6) is 0 Å². The van der Waals surface area contributed by atoms with Gasteiger partial charge in [-0.25, -0.2) is 4.98 Å². The Morgan fingerprint density at radius 1 is 1.39 bits per heavy atom. The molecule has 1 spiro atoms. The van der Waals surface area contributed by atoms with Gasteiger partial charge in [-0.2, -0.15) is 0 Å². The Kier molecular flexibility index (Phi) is 3.39. The van der Waals surface area contributed by atoms with Crippen molar-refractivity contribution in [1.29, 1.82) is 0 Å². The number of nitrogens with one attached hydrogen (secondary N) is 2. The van der Waals surface area contributed by atoms with Crippen LogP contribution in [0, 0.1) is 0 Å². The van der Waals surface area contributed by atoms with Crippen molar-refractivity contribution in [3.8, 4) is 0 Å². The maximum Gasteiger partial charge on any atom is 0.145 e. The number of anilines is 1. The zero-order valence-corrected chi connectivity index (χ0v) is 11.7. The van der Waals surface area contributed by atoms with Gasteiger partial charge in [0.2, 0.25) is 0 Å². The van der Waals surface area contributed by atoms with E-state index >= 15 is 0 Å². The monoisotopic (exact) mass is 285 g/mol. The van der Waals surface area contributed by atoms with Crippen molar-refractivity contribution < 1.29 is 0 Å². The molecule has 0 amide bonds. The molecule has 0 radical (unpaired) electrons. The predicted molar refractivity (Wildman–Crippen MR) is 75.5 cm³/mol. The average Bonchev–Trinajstić information content (AvgIpc) is 2.31. The third-order valence-corrected chi connectivity index (χ3v) is 4.58. The quantitative estimate of drug-likeness (QED) is 0.874. The minimum absolute atomic E-state index is 0.384. The third kappa shape index (κ3) is 2.44. The summed E-state index contributed by atoms with van der Waals surface area (Å²) in [5, 5.41) is 8.29. The second kappa shape index (κ2) is 4.87. The number of nitrogens with zero attached hydrogens (tertiary/aromatic N) is 1. The molecule has 0 bridgehead atoms. The molecule has 3 nitrogen and oxygen atoms in total. The molecule has 1 aliphatic heterocycles. The number of rotatable bonds is 2. The normalized spacial score (nSPS) is 25.8. The van der Waals surface area contributed by atoms with Gasteiger partial charge >= 0.3 is 0 Å². The smallest absolute Gasteiger partial charge is 0.145 e. The Balaban J connectivity index is 1.68. The molecule has 2 fully saturated rings. The summed E-state index contributed by atoms with van der Waals surface area (Å²) in [5.74, 6) is 0.752. The second-order valence-corrected chi connectivity index (χ2v) is 6.22. The standard InChI is InChI=1S/C13H17Cl2N3/c14-9-6-11(15)12(16-8-9)18-10-2-5-17-13(7-10)3-1-4-13/h6,8,10,17H,1-5,7H2,(H,16,18). The largest absolute Gasteiger partial charge is 0.366 e. The first kappa shape index (κ1) is 12.5. The van der Waals surface area contributed by atoms with E-state index in [0.29, 0.717) is 21.6 Å². The van der Waals surface area contributed by atoms with Crippen molar-refractivity contribution in [2.45, 2.75) is 43.7 Å². The summed E-state index contributed by atoms with van der Waals surface area (Å²) in [7, 11) is 0. The van der Waals surface area contributed by atoms with Gasteiger partial charge < -0.3 is 10.6 Å². The van der Waals surface area contributed by atoms with Crippen LogP contribution >= 0.6 is 23.2 Å². The molecule has 1 aliphatic carbocycles. The molecule has 1 saturated carbocycles. The van der Waals surface area contributed by atoms with Crippen molar-refractivity contribution in [2.24, 2.45) is 0 Å². The van der Waals surface area contributed by atoms with Crippen molar-refractivity contribution in [3.63, 3.8) is 0 Å². The highest BCUT2D eigenvalue weighted by Gasteiger charge is 2.40. The van der Waals surface area contributed by atoms with Crippen LogP contribution in [0.25, 0.3) is 0 Å². The summed E-state index contributed by atoms with van der Waals surface area (Å²) < 4.78 is 0. The van der Waals surface area contributed by atoms with Gasteiger partial charge in [-0.15, -0.1) is 0 Å². The van der Waals surface area contributed by atoms with E-state index in [4.69, 9.17) is 23.2 Å². The summed E-state index contributed by atoms with van der Waals surface area (Å²) >= 11 is 12.0. The summed E-state index contributed by atoms with van der Waals surface area (Å²) in [6.07, 6.45) is 7.85. The molecule has 2 heterocycles. The maximum absolute atomic E-state index is 6.14. The fourth-order valence-corrected chi connectivity index (χ4v) is 3.41. The molecular formula is C13H17Cl2N3. The van der Waals surface area contributed by atoms with E-state index in [1.807, 2.05) is 0 Å². The summed E-state index contributed by atoms with van der Waals surface area (Å²) in [6, 6.07) is 2.19. The molecule has 2 N–H and O–H groups in total. The molecule has 1 saturated heterocycles. The fourth-order valence-electron chi connectivity index (χ4n) is 2.98. The first-order valence-corrected chi connectivity index (χ1v) is 7.25. The predicted octanol–water partition coefficient (Wildman–Crippen LogP) is 3.48. The number of hydrogen-bond acceptors (Lipinski definition) is 3. The average molecular weight is 286 g/mol. The molecule has 1 atom stereocenters. The highest BCUT2D eigenvalue weighted by molar-refractivity contribution is 6.35. The van der Waals surface area contributed by atoms with Crippen LogP contribution in [0.15, 0.2) is 12.3 Å². The Morgan fingerprint density at radius 3 is 2.89 bits per heavy atom. The zero-order chi connectivity index (χ0) is 12.6. The van der Waals surface area contributed by atoms with Crippen molar-refractivity contribution >= 4 is 29.0 Å². The molecule has 18 heavy (non-hydrogen) atoms. The van der Waals surface area contributed by atoms with Crippen LogP contribution in [0.1, 0.15) is 32.1 Å². The van der Waals surface area contributed by atoms with Crippen molar-refractivity contribution in [3.05, 3.63) is 22.3 Å². The van der Waals surface area contributed by atoms with Crippen LogP contribution in [-0.4, -0.2) is 23.1 Å². The van der Waals surface area contributed by atoms with E-state index in [1.165, 1.54) is 19.3 Å². The van der Waals surface area contributed by atoms with Crippen LogP contribution in [0.2, 0.25) is 10.0 Å². The highest BCUT2D eigenvalue weighted by Crippen LogP contribution is 2.39. The molecule has 0 aromatic carbocycles. The number of pyridine rings is 1. The van der Waals surface area contributed by atoms with Crippen LogP contribution in [0.4, 0.5) is 5.82 Å². The summed E-state index contributed by atoms with van der Waals surface area (Å²) in [4.78, 5) is 4.27. The number of hydrogen-bond donors (Lipinski definition) is 2. The zero-order valence-electron chi connectivity index (χ0n) is 10.2. The van der Waals surface area contributed by atoms with Crippen LogP contribution < -0.4 is 10.6 Å². The molecule has 98 valence electrons. The summed E-state index contributed by atoms with van der Waals surface area (Å²) in [6.45, 7) is 1.07. The van der Waals surface area contributed by atoms with Gasteiger partial charge in [0.15, 0.2) is 0 Å². The van der Waals surface area contributed by atoms with Gasteiger partial charge in [-0.1, -0.05) is 23.2 Å². The third-order valence-electron chi connectivity index (χ3n) is 4.09.